The molecule has 1 heterocycles. The van der Waals surface area contributed by atoms with Crippen LogP contribution in [0.25, 0.3) is 0 Å². The number of para-hydroxylation sites is 1. The van der Waals surface area contributed by atoms with Crippen molar-refractivity contribution in [3.05, 3.63) is 58.6 Å². The van der Waals surface area contributed by atoms with Crippen LogP contribution in [-0.2, 0) is 6.54 Å². The van der Waals surface area contributed by atoms with Gasteiger partial charge in [-0.05, 0) is 36.8 Å². The molecule has 26 heavy (non-hydrogen) atoms. The molecule has 0 aromatic heterocycles. The van der Waals surface area contributed by atoms with Crippen molar-refractivity contribution in [1.29, 1.82) is 0 Å². The number of piperazine rings is 1. The monoisotopic (exact) mass is 373 g/mol. The fraction of sp³-hybridized carbons (Fsp3) is 0.350. The molecule has 3 rings (SSSR count). The average Bonchev–Trinajstić information content (AvgIpc) is 2.66. The molecule has 2 aromatic rings. The predicted molar refractivity (Wildman–Crippen MR) is 105 cm³/mol. The zero-order chi connectivity index (χ0) is 18.4. The third-order valence-electron chi connectivity index (χ3n) is 4.36. The van der Waals surface area contributed by atoms with E-state index < -0.39 is 0 Å². The maximum Gasteiger partial charge on any atom is 0.166 e. The van der Waals surface area contributed by atoms with E-state index >= 15 is 0 Å². The number of benzene rings is 2. The summed E-state index contributed by atoms with van der Waals surface area (Å²) in [7, 11) is 0. The highest BCUT2D eigenvalue weighted by atomic mass is 35.5. The molecule has 0 saturated carbocycles. The summed E-state index contributed by atoms with van der Waals surface area (Å²) in [6, 6.07) is 13.4. The van der Waals surface area contributed by atoms with Crippen LogP contribution < -0.4 is 4.74 Å². The number of nitrogens with zero attached hydrogens (tertiary/aromatic N) is 3. The topological polar surface area (TPSA) is 48.3 Å². The van der Waals surface area contributed by atoms with Gasteiger partial charge in [0.25, 0.3) is 0 Å². The number of halogens is 1. The van der Waals surface area contributed by atoms with E-state index in [1.165, 1.54) is 5.56 Å². The second-order valence-electron chi connectivity index (χ2n) is 6.23. The lowest BCUT2D eigenvalue weighted by Crippen LogP contribution is -2.43. The molecular weight excluding hydrogens is 350 g/mol. The number of rotatable bonds is 6. The standard InChI is InChI=1S/C20H24ClN3O2/c1-2-26-19-5-3-4-17(20(19)25)14-22-24-12-10-23(11-13-24)15-16-6-8-18(21)9-7-16/h3-9,14,25H,2,10-13,15H2,1H3/b22-14-. The Labute approximate surface area is 159 Å². The Morgan fingerprint density at radius 2 is 1.85 bits per heavy atom. The summed E-state index contributed by atoms with van der Waals surface area (Å²) in [5.41, 5.74) is 1.93. The number of hydrazone groups is 1. The maximum absolute atomic E-state index is 10.2. The van der Waals surface area contributed by atoms with Crippen molar-refractivity contribution in [2.75, 3.05) is 32.8 Å². The Morgan fingerprint density at radius 3 is 2.54 bits per heavy atom. The Hall–Kier alpha value is -2.24. The molecule has 0 bridgehead atoms. The van der Waals surface area contributed by atoms with Crippen LogP contribution in [0.1, 0.15) is 18.1 Å². The first kappa shape index (κ1) is 18.5. The lowest BCUT2D eigenvalue weighted by Gasteiger charge is -2.33. The van der Waals surface area contributed by atoms with Crippen molar-refractivity contribution in [3.8, 4) is 11.5 Å². The van der Waals surface area contributed by atoms with Crippen LogP contribution >= 0.6 is 11.6 Å². The molecule has 0 atom stereocenters. The van der Waals surface area contributed by atoms with Gasteiger partial charge in [-0.25, -0.2) is 0 Å². The summed E-state index contributed by atoms with van der Waals surface area (Å²) in [6.07, 6.45) is 1.70. The normalized spacial score (nSPS) is 15.5. The van der Waals surface area contributed by atoms with Gasteiger partial charge >= 0.3 is 0 Å². The zero-order valence-electron chi connectivity index (χ0n) is 14.9. The van der Waals surface area contributed by atoms with Crippen molar-refractivity contribution in [3.63, 3.8) is 0 Å². The first-order chi connectivity index (χ1) is 12.7. The van der Waals surface area contributed by atoms with E-state index in [2.05, 4.69) is 22.1 Å². The third kappa shape index (κ3) is 4.90. The SMILES string of the molecule is CCOc1cccc(/C=N\N2CCN(Cc3ccc(Cl)cc3)CC2)c1O. The Kier molecular flexibility index (Phi) is 6.36. The molecule has 0 aliphatic carbocycles. The van der Waals surface area contributed by atoms with Crippen molar-refractivity contribution in [2.24, 2.45) is 5.10 Å². The Morgan fingerprint density at radius 1 is 1.12 bits per heavy atom. The predicted octanol–water partition coefficient (Wildman–Crippen LogP) is 3.60. The fourth-order valence-corrected chi connectivity index (χ4v) is 3.04. The van der Waals surface area contributed by atoms with Gasteiger partial charge < -0.3 is 9.84 Å². The van der Waals surface area contributed by atoms with E-state index in [4.69, 9.17) is 16.3 Å². The van der Waals surface area contributed by atoms with Crippen LogP contribution in [0.15, 0.2) is 47.6 Å². The minimum atomic E-state index is 0.138. The van der Waals surface area contributed by atoms with Crippen LogP contribution in [0.5, 0.6) is 11.5 Å². The summed E-state index contributed by atoms with van der Waals surface area (Å²) in [4.78, 5) is 2.41. The lowest BCUT2D eigenvalue weighted by molar-refractivity contribution is 0.131. The minimum Gasteiger partial charge on any atom is -0.504 e. The highest BCUT2D eigenvalue weighted by molar-refractivity contribution is 6.30. The van der Waals surface area contributed by atoms with E-state index in [-0.39, 0.29) is 5.75 Å². The molecule has 1 N–H and O–H groups in total. The molecule has 0 spiro atoms. The highest BCUT2D eigenvalue weighted by Crippen LogP contribution is 2.28. The molecule has 1 fully saturated rings. The second kappa shape index (κ2) is 8.92. The molecule has 1 saturated heterocycles. The van der Waals surface area contributed by atoms with E-state index in [9.17, 15) is 5.11 Å². The van der Waals surface area contributed by atoms with Gasteiger partial charge in [0.1, 0.15) is 0 Å². The molecular formula is C20H24ClN3O2. The van der Waals surface area contributed by atoms with E-state index in [0.29, 0.717) is 17.9 Å². The molecule has 0 unspecified atom stereocenters. The molecule has 5 nitrogen and oxygen atoms in total. The number of hydrogen-bond donors (Lipinski definition) is 1. The summed E-state index contributed by atoms with van der Waals surface area (Å²) in [5.74, 6) is 0.628. The molecule has 1 aliphatic rings. The molecule has 0 amide bonds. The van der Waals surface area contributed by atoms with Crippen LogP contribution in [0, 0.1) is 0 Å². The molecule has 138 valence electrons. The van der Waals surface area contributed by atoms with Gasteiger partial charge in [-0.1, -0.05) is 29.8 Å². The van der Waals surface area contributed by atoms with Gasteiger partial charge in [0.15, 0.2) is 11.5 Å². The summed E-state index contributed by atoms with van der Waals surface area (Å²) in [6.45, 7) is 6.95. The zero-order valence-corrected chi connectivity index (χ0v) is 15.7. The first-order valence-electron chi connectivity index (χ1n) is 8.86. The van der Waals surface area contributed by atoms with Gasteiger partial charge in [-0.2, -0.15) is 5.10 Å². The molecule has 0 radical (unpaired) electrons. The van der Waals surface area contributed by atoms with Gasteiger partial charge in [-0.15, -0.1) is 0 Å². The summed E-state index contributed by atoms with van der Waals surface area (Å²) < 4.78 is 5.41. The van der Waals surface area contributed by atoms with Crippen LogP contribution in [0.2, 0.25) is 5.02 Å². The number of hydrogen-bond acceptors (Lipinski definition) is 5. The highest BCUT2D eigenvalue weighted by Gasteiger charge is 2.15. The largest absolute Gasteiger partial charge is 0.504 e. The fourth-order valence-electron chi connectivity index (χ4n) is 2.92. The van der Waals surface area contributed by atoms with Crippen LogP contribution in [-0.4, -0.2) is 54.0 Å². The van der Waals surface area contributed by atoms with E-state index in [1.54, 1.807) is 12.3 Å². The average molecular weight is 374 g/mol. The molecule has 6 heteroatoms. The third-order valence-corrected chi connectivity index (χ3v) is 4.61. The maximum atomic E-state index is 10.2. The van der Waals surface area contributed by atoms with Crippen molar-refractivity contribution < 1.29 is 9.84 Å². The number of aromatic hydroxyl groups is 1. The summed E-state index contributed by atoms with van der Waals surface area (Å²) in [5, 5.41) is 17.5. The van der Waals surface area contributed by atoms with E-state index in [1.807, 2.05) is 36.2 Å². The quantitative estimate of drug-likeness (QED) is 0.786. The van der Waals surface area contributed by atoms with Gasteiger partial charge in [0, 0.05) is 43.3 Å². The number of phenols is 1. The summed E-state index contributed by atoms with van der Waals surface area (Å²) >= 11 is 5.94. The van der Waals surface area contributed by atoms with Gasteiger partial charge in [-0.3, -0.25) is 9.91 Å². The first-order valence-corrected chi connectivity index (χ1v) is 9.24. The van der Waals surface area contributed by atoms with Crippen molar-refractivity contribution in [2.45, 2.75) is 13.5 Å². The lowest BCUT2D eigenvalue weighted by atomic mass is 10.2. The second-order valence-corrected chi connectivity index (χ2v) is 6.66. The van der Waals surface area contributed by atoms with Gasteiger partial charge in [0.2, 0.25) is 0 Å². The van der Waals surface area contributed by atoms with Crippen molar-refractivity contribution >= 4 is 17.8 Å². The van der Waals surface area contributed by atoms with E-state index in [0.717, 1.165) is 37.7 Å². The van der Waals surface area contributed by atoms with Crippen LogP contribution in [0.3, 0.4) is 0 Å². The van der Waals surface area contributed by atoms with Crippen molar-refractivity contribution in [1.82, 2.24) is 9.91 Å². The van der Waals surface area contributed by atoms with Crippen LogP contribution in [0.4, 0.5) is 0 Å². The minimum absolute atomic E-state index is 0.138. The number of phenolic OH excluding ortho intramolecular Hbond substituents is 1. The Bertz CT molecular complexity index is 741. The Balaban J connectivity index is 1.53. The number of ether oxygens (including phenoxy) is 1. The molecule has 2 aromatic carbocycles. The van der Waals surface area contributed by atoms with Gasteiger partial charge in [0.05, 0.1) is 12.8 Å². The smallest absolute Gasteiger partial charge is 0.166 e. The molecule has 1 aliphatic heterocycles.